The lowest BCUT2D eigenvalue weighted by Gasteiger charge is -2.14. The molecular formula is C17H18N2. The van der Waals surface area contributed by atoms with Crippen LogP contribution in [0.15, 0.2) is 36.4 Å². The van der Waals surface area contributed by atoms with E-state index in [1.54, 1.807) is 0 Å². The quantitative estimate of drug-likeness (QED) is 0.884. The Kier molecular flexibility index (Phi) is 3.13. The topological polar surface area (TPSA) is 35.8 Å². The number of nitriles is 1. The van der Waals surface area contributed by atoms with Crippen LogP contribution in [0.3, 0.4) is 0 Å². The molecule has 96 valence electrons. The molecule has 0 radical (unpaired) electrons. The van der Waals surface area contributed by atoms with Gasteiger partial charge in [-0.1, -0.05) is 31.2 Å². The summed E-state index contributed by atoms with van der Waals surface area (Å²) < 4.78 is 0. The fraction of sp³-hybridized carbons (Fsp3) is 0.353. The van der Waals surface area contributed by atoms with E-state index in [2.05, 4.69) is 24.4 Å². The first-order chi connectivity index (χ1) is 9.29. The molecule has 2 aromatic carbocycles. The van der Waals surface area contributed by atoms with Crippen LogP contribution in [0, 0.1) is 23.2 Å². The Labute approximate surface area is 114 Å². The first-order valence-electron chi connectivity index (χ1n) is 6.95. The summed E-state index contributed by atoms with van der Waals surface area (Å²) in [4.78, 5) is 0. The summed E-state index contributed by atoms with van der Waals surface area (Å²) in [5, 5.41) is 14.9. The van der Waals surface area contributed by atoms with E-state index in [9.17, 15) is 0 Å². The van der Waals surface area contributed by atoms with Crippen molar-refractivity contribution in [3.63, 3.8) is 0 Å². The molecular weight excluding hydrogens is 232 g/mol. The van der Waals surface area contributed by atoms with E-state index < -0.39 is 0 Å². The van der Waals surface area contributed by atoms with Crippen LogP contribution in [0.4, 0.5) is 5.69 Å². The first-order valence-corrected chi connectivity index (χ1v) is 6.95. The normalized spacial score (nSPS) is 16.0. The molecule has 1 saturated carbocycles. The van der Waals surface area contributed by atoms with Crippen LogP contribution < -0.4 is 5.32 Å². The summed E-state index contributed by atoms with van der Waals surface area (Å²) in [7, 11) is 0. The van der Waals surface area contributed by atoms with Crippen molar-refractivity contribution in [3.8, 4) is 6.07 Å². The fourth-order valence-electron chi connectivity index (χ4n) is 2.65. The Morgan fingerprint density at radius 3 is 2.63 bits per heavy atom. The average Bonchev–Trinajstić information content (AvgIpc) is 3.29. The molecule has 0 bridgehead atoms. The van der Waals surface area contributed by atoms with Crippen LogP contribution in [-0.4, -0.2) is 6.54 Å². The smallest absolute Gasteiger partial charge is 0.0998 e. The van der Waals surface area contributed by atoms with Gasteiger partial charge in [-0.05, 0) is 36.8 Å². The molecule has 1 aliphatic rings. The van der Waals surface area contributed by atoms with Gasteiger partial charge in [0.1, 0.15) is 0 Å². The number of anilines is 1. The maximum Gasteiger partial charge on any atom is 0.0998 e. The summed E-state index contributed by atoms with van der Waals surface area (Å²) in [6.07, 6.45) is 2.77. The van der Waals surface area contributed by atoms with E-state index in [0.717, 1.165) is 40.4 Å². The van der Waals surface area contributed by atoms with Gasteiger partial charge in [0.25, 0.3) is 0 Å². The highest BCUT2D eigenvalue weighted by molar-refractivity contribution is 5.97. The Balaban J connectivity index is 1.89. The molecule has 0 heterocycles. The van der Waals surface area contributed by atoms with Gasteiger partial charge in [-0.25, -0.2) is 0 Å². The second kappa shape index (κ2) is 4.93. The third-order valence-corrected chi connectivity index (χ3v) is 4.09. The van der Waals surface area contributed by atoms with Gasteiger partial charge in [0, 0.05) is 23.0 Å². The molecule has 1 fully saturated rings. The van der Waals surface area contributed by atoms with Crippen molar-refractivity contribution in [2.24, 2.45) is 11.8 Å². The number of rotatable bonds is 4. The molecule has 2 heteroatoms. The zero-order valence-corrected chi connectivity index (χ0v) is 11.2. The van der Waals surface area contributed by atoms with E-state index in [1.165, 1.54) is 12.8 Å². The van der Waals surface area contributed by atoms with Crippen LogP contribution in [0.25, 0.3) is 10.8 Å². The highest BCUT2D eigenvalue weighted by Gasteiger charge is 2.27. The van der Waals surface area contributed by atoms with Crippen molar-refractivity contribution in [3.05, 3.63) is 42.0 Å². The van der Waals surface area contributed by atoms with E-state index in [4.69, 9.17) is 5.26 Å². The lowest BCUT2D eigenvalue weighted by atomic mass is 10.0. The van der Waals surface area contributed by atoms with Gasteiger partial charge in [0.05, 0.1) is 11.6 Å². The van der Waals surface area contributed by atoms with Crippen molar-refractivity contribution in [1.82, 2.24) is 0 Å². The largest absolute Gasteiger partial charge is 0.384 e. The number of hydrogen-bond acceptors (Lipinski definition) is 2. The molecule has 2 aromatic rings. The second-order valence-electron chi connectivity index (χ2n) is 5.51. The van der Waals surface area contributed by atoms with Gasteiger partial charge in [0.2, 0.25) is 0 Å². The average molecular weight is 250 g/mol. The van der Waals surface area contributed by atoms with Crippen LogP contribution >= 0.6 is 0 Å². The molecule has 1 N–H and O–H groups in total. The maximum atomic E-state index is 9.16. The minimum Gasteiger partial charge on any atom is -0.384 e. The highest BCUT2D eigenvalue weighted by Crippen LogP contribution is 2.37. The first kappa shape index (κ1) is 12.0. The number of nitrogens with zero attached hydrogens (tertiary/aromatic N) is 1. The zero-order chi connectivity index (χ0) is 13.2. The molecule has 3 rings (SSSR count). The predicted molar refractivity (Wildman–Crippen MR) is 79.0 cm³/mol. The number of fused-ring (bicyclic) bond motifs is 1. The molecule has 19 heavy (non-hydrogen) atoms. The van der Waals surface area contributed by atoms with E-state index in [0.29, 0.717) is 0 Å². The number of nitrogens with one attached hydrogen (secondary N) is 1. The van der Waals surface area contributed by atoms with Crippen molar-refractivity contribution >= 4 is 16.5 Å². The molecule has 0 saturated heterocycles. The third-order valence-electron chi connectivity index (χ3n) is 4.09. The second-order valence-corrected chi connectivity index (χ2v) is 5.51. The molecule has 1 aliphatic carbocycles. The summed E-state index contributed by atoms with van der Waals surface area (Å²) in [6.45, 7) is 3.33. The van der Waals surface area contributed by atoms with Crippen LogP contribution in [-0.2, 0) is 0 Å². The van der Waals surface area contributed by atoms with Crippen molar-refractivity contribution in [2.75, 3.05) is 11.9 Å². The minimum atomic E-state index is 0.731. The summed E-state index contributed by atoms with van der Waals surface area (Å²) in [6, 6.07) is 14.3. The lowest BCUT2D eigenvalue weighted by molar-refractivity contribution is 0.537. The van der Waals surface area contributed by atoms with Gasteiger partial charge in [-0.3, -0.25) is 0 Å². The molecule has 0 spiro atoms. The number of hydrogen-bond donors (Lipinski definition) is 1. The molecule has 0 aliphatic heterocycles. The summed E-state index contributed by atoms with van der Waals surface area (Å²) >= 11 is 0. The summed E-state index contributed by atoms with van der Waals surface area (Å²) in [5.41, 5.74) is 1.89. The van der Waals surface area contributed by atoms with Gasteiger partial charge in [-0.15, -0.1) is 0 Å². The van der Waals surface area contributed by atoms with E-state index in [-0.39, 0.29) is 0 Å². The highest BCUT2D eigenvalue weighted by atomic mass is 14.9. The molecule has 0 aromatic heterocycles. The summed E-state index contributed by atoms with van der Waals surface area (Å²) in [5.74, 6) is 1.64. The van der Waals surface area contributed by atoms with Crippen molar-refractivity contribution < 1.29 is 0 Å². The zero-order valence-electron chi connectivity index (χ0n) is 11.2. The van der Waals surface area contributed by atoms with E-state index >= 15 is 0 Å². The monoisotopic (exact) mass is 250 g/mol. The lowest BCUT2D eigenvalue weighted by Crippen LogP contribution is -2.13. The van der Waals surface area contributed by atoms with Crippen LogP contribution in [0.2, 0.25) is 0 Å². The Bertz CT molecular complexity index is 635. The fourth-order valence-corrected chi connectivity index (χ4v) is 2.65. The SMILES string of the molecule is CC(CNc1ccc(C#N)c2ccccc12)C1CC1. The minimum absolute atomic E-state index is 0.731. The molecule has 2 nitrogen and oxygen atoms in total. The Hall–Kier alpha value is -2.01. The maximum absolute atomic E-state index is 9.16. The molecule has 0 amide bonds. The van der Waals surface area contributed by atoms with E-state index in [1.807, 2.05) is 30.3 Å². The van der Waals surface area contributed by atoms with Crippen LogP contribution in [0.5, 0.6) is 0 Å². The van der Waals surface area contributed by atoms with Gasteiger partial charge in [-0.2, -0.15) is 5.26 Å². The van der Waals surface area contributed by atoms with Gasteiger partial charge >= 0.3 is 0 Å². The Morgan fingerprint density at radius 1 is 1.21 bits per heavy atom. The van der Waals surface area contributed by atoms with Crippen molar-refractivity contribution in [2.45, 2.75) is 19.8 Å². The molecule has 1 atom stereocenters. The molecule has 1 unspecified atom stereocenters. The third kappa shape index (κ3) is 2.42. The van der Waals surface area contributed by atoms with Gasteiger partial charge in [0.15, 0.2) is 0 Å². The Morgan fingerprint density at radius 2 is 1.95 bits per heavy atom. The standard InChI is InChI=1S/C17H18N2/c1-12(13-6-7-13)11-19-17-9-8-14(10-18)15-4-2-3-5-16(15)17/h2-5,8-9,12-13,19H,6-7,11H2,1H3. The van der Waals surface area contributed by atoms with Gasteiger partial charge < -0.3 is 5.32 Å². The number of benzene rings is 2. The van der Waals surface area contributed by atoms with Crippen molar-refractivity contribution in [1.29, 1.82) is 5.26 Å². The van der Waals surface area contributed by atoms with Crippen LogP contribution in [0.1, 0.15) is 25.3 Å². The predicted octanol–water partition coefficient (Wildman–Crippen LogP) is 4.17.